The van der Waals surface area contributed by atoms with E-state index in [0.29, 0.717) is 25.3 Å². The molecule has 0 aliphatic carbocycles. The number of aromatic nitrogens is 1. The molecule has 178 valence electrons. The highest BCUT2D eigenvalue weighted by Gasteiger charge is 2.36. The normalized spacial score (nSPS) is 16.3. The molecule has 1 saturated heterocycles. The number of benzene rings is 2. The van der Waals surface area contributed by atoms with E-state index in [1.807, 2.05) is 50.2 Å². The molecule has 2 aliphatic heterocycles. The Morgan fingerprint density at radius 1 is 1.03 bits per heavy atom. The van der Waals surface area contributed by atoms with Crippen LogP contribution >= 0.6 is 0 Å². The fraction of sp³-hybridized carbons (Fsp3) is 0.370. The third kappa shape index (κ3) is 4.01. The van der Waals surface area contributed by atoms with E-state index in [0.717, 1.165) is 52.7 Å². The molecule has 2 aliphatic rings. The van der Waals surface area contributed by atoms with Crippen molar-refractivity contribution in [3.05, 3.63) is 71.0 Å². The molecular formula is C27H30N2O5. The van der Waals surface area contributed by atoms with E-state index in [-0.39, 0.29) is 18.1 Å². The van der Waals surface area contributed by atoms with Crippen LogP contribution in [-0.4, -0.2) is 44.1 Å². The Labute approximate surface area is 199 Å². The maximum Gasteiger partial charge on any atom is 0.253 e. The van der Waals surface area contributed by atoms with Gasteiger partial charge in [0.05, 0.1) is 12.7 Å². The molecule has 0 spiro atoms. The van der Waals surface area contributed by atoms with Crippen molar-refractivity contribution >= 4 is 5.91 Å². The molecule has 0 radical (unpaired) electrons. The molecule has 3 aromatic rings. The number of aryl methyl sites for hydroxylation is 1. The van der Waals surface area contributed by atoms with E-state index in [1.165, 1.54) is 0 Å². The quantitative estimate of drug-likeness (QED) is 0.591. The minimum Gasteiger partial charge on any atom is -0.497 e. The minimum absolute atomic E-state index is 0.0699. The molecule has 0 atom stereocenters. The number of carbonyl (C=O) groups is 1. The van der Waals surface area contributed by atoms with Crippen LogP contribution in [0.5, 0.6) is 17.2 Å². The standard InChI is InChI=1S/C27H30N2O5/c1-18-14-23(19(2)29(18)21-5-7-22(31-3)8-6-21)26(30)28-16-27(10-12-32-13-11-27)20-4-9-24-25(15-20)34-17-33-24/h4-9,14-15H,10-13,16-17H2,1-3H3,(H,28,30). The molecule has 2 aromatic carbocycles. The molecule has 1 fully saturated rings. The first-order valence-corrected chi connectivity index (χ1v) is 11.6. The van der Waals surface area contributed by atoms with E-state index in [9.17, 15) is 4.79 Å². The molecule has 0 unspecified atom stereocenters. The van der Waals surface area contributed by atoms with Crippen LogP contribution in [0.3, 0.4) is 0 Å². The lowest BCUT2D eigenvalue weighted by Gasteiger charge is -2.38. The summed E-state index contributed by atoms with van der Waals surface area (Å²) in [6.45, 7) is 6.10. The summed E-state index contributed by atoms with van der Waals surface area (Å²) in [5.74, 6) is 2.26. The van der Waals surface area contributed by atoms with Crippen molar-refractivity contribution in [2.24, 2.45) is 0 Å². The van der Waals surface area contributed by atoms with Crippen molar-refractivity contribution in [3.63, 3.8) is 0 Å². The van der Waals surface area contributed by atoms with Crippen LogP contribution in [0.15, 0.2) is 48.5 Å². The van der Waals surface area contributed by atoms with E-state index in [2.05, 4.69) is 22.0 Å². The summed E-state index contributed by atoms with van der Waals surface area (Å²) in [6, 6.07) is 15.9. The Balaban J connectivity index is 1.38. The van der Waals surface area contributed by atoms with Crippen LogP contribution in [0.25, 0.3) is 5.69 Å². The first-order valence-electron chi connectivity index (χ1n) is 11.6. The zero-order chi connectivity index (χ0) is 23.7. The maximum absolute atomic E-state index is 13.3. The van der Waals surface area contributed by atoms with Crippen molar-refractivity contribution in [1.82, 2.24) is 9.88 Å². The average molecular weight is 463 g/mol. The predicted octanol–water partition coefficient (Wildman–Crippen LogP) is 4.31. The van der Waals surface area contributed by atoms with Crippen molar-refractivity contribution < 1.29 is 23.7 Å². The van der Waals surface area contributed by atoms with Gasteiger partial charge in [-0.25, -0.2) is 0 Å². The fourth-order valence-corrected chi connectivity index (χ4v) is 5.02. The molecule has 7 heteroatoms. The molecule has 3 heterocycles. The lowest BCUT2D eigenvalue weighted by molar-refractivity contribution is 0.0486. The van der Waals surface area contributed by atoms with Crippen LogP contribution in [0.2, 0.25) is 0 Å². The molecule has 7 nitrogen and oxygen atoms in total. The van der Waals surface area contributed by atoms with E-state index >= 15 is 0 Å². The summed E-state index contributed by atoms with van der Waals surface area (Å²) in [6.07, 6.45) is 1.66. The van der Waals surface area contributed by atoms with Gasteiger partial charge in [0.25, 0.3) is 5.91 Å². The summed E-state index contributed by atoms with van der Waals surface area (Å²) in [5, 5.41) is 3.23. The number of rotatable bonds is 6. The molecule has 0 bridgehead atoms. The number of nitrogens with zero attached hydrogens (tertiary/aromatic N) is 1. The van der Waals surface area contributed by atoms with Crippen molar-refractivity contribution in [2.45, 2.75) is 32.1 Å². The lowest BCUT2D eigenvalue weighted by atomic mass is 9.74. The third-order valence-corrected chi connectivity index (χ3v) is 7.03. The molecule has 0 saturated carbocycles. The number of fused-ring (bicyclic) bond motifs is 1. The number of hydrogen-bond donors (Lipinski definition) is 1. The highest BCUT2D eigenvalue weighted by Crippen LogP contribution is 2.40. The Bertz CT molecular complexity index is 1190. The second kappa shape index (κ2) is 9.06. The summed E-state index contributed by atoms with van der Waals surface area (Å²) in [4.78, 5) is 13.3. The largest absolute Gasteiger partial charge is 0.497 e. The summed E-state index contributed by atoms with van der Waals surface area (Å²) >= 11 is 0. The zero-order valence-electron chi connectivity index (χ0n) is 19.8. The van der Waals surface area contributed by atoms with Crippen LogP contribution < -0.4 is 19.5 Å². The number of nitrogens with one attached hydrogen (secondary N) is 1. The molecule has 1 aromatic heterocycles. The first-order chi connectivity index (χ1) is 16.5. The highest BCUT2D eigenvalue weighted by atomic mass is 16.7. The Morgan fingerprint density at radius 3 is 2.50 bits per heavy atom. The number of carbonyl (C=O) groups excluding carboxylic acids is 1. The number of amides is 1. The van der Waals surface area contributed by atoms with Gasteiger partial charge in [-0.05, 0) is 74.7 Å². The van der Waals surface area contributed by atoms with E-state index in [4.69, 9.17) is 18.9 Å². The third-order valence-electron chi connectivity index (χ3n) is 7.03. The van der Waals surface area contributed by atoms with Crippen molar-refractivity contribution in [3.8, 4) is 22.9 Å². The Hall–Kier alpha value is -3.45. The summed E-state index contributed by atoms with van der Waals surface area (Å²) in [7, 11) is 1.65. The Morgan fingerprint density at radius 2 is 1.76 bits per heavy atom. The van der Waals surface area contributed by atoms with Gasteiger partial charge in [-0.15, -0.1) is 0 Å². The molecule has 1 amide bonds. The zero-order valence-corrected chi connectivity index (χ0v) is 19.8. The van der Waals surface area contributed by atoms with E-state index < -0.39 is 0 Å². The number of ether oxygens (including phenoxy) is 4. The van der Waals surface area contributed by atoms with E-state index in [1.54, 1.807) is 7.11 Å². The van der Waals surface area contributed by atoms with Gasteiger partial charge in [-0.3, -0.25) is 4.79 Å². The van der Waals surface area contributed by atoms with Gasteiger partial charge in [0.1, 0.15) is 5.75 Å². The molecule has 1 N–H and O–H groups in total. The highest BCUT2D eigenvalue weighted by molar-refractivity contribution is 5.96. The van der Waals surface area contributed by atoms with Crippen LogP contribution in [0, 0.1) is 13.8 Å². The molecule has 5 rings (SSSR count). The maximum atomic E-state index is 13.3. The minimum atomic E-state index is -0.212. The Kier molecular flexibility index (Phi) is 5.96. The molecule has 34 heavy (non-hydrogen) atoms. The SMILES string of the molecule is COc1ccc(-n2c(C)cc(C(=O)NCC3(c4ccc5c(c4)OCO5)CCOCC3)c2C)cc1. The van der Waals surface area contributed by atoms with Gasteiger partial charge < -0.3 is 28.8 Å². The second-order valence-corrected chi connectivity index (χ2v) is 8.96. The van der Waals surface area contributed by atoms with Gasteiger partial charge in [0.2, 0.25) is 6.79 Å². The monoisotopic (exact) mass is 462 g/mol. The predicted molar refractivity (Wildman–Crippen MR) is 128 cm³/mol. The van der Waals surface area contributed by atoms with Gasteiger partial charge >= 0.3 is 0 Å². The van der Waals surface area contributed by atoms with Crippen LogP contribution in [0.4, 0.5) is 0 Å². The smallest absolute Gasteiger partial charge is 0.253 e. The van der Waals surface area contributed by atoms with Crippen LogP contribution in [-0.2, 0) is 10.2 Å². The van der Waals surface area contributed by atoms with Gasteiger partial charge in [-0.2, -0.15) is 0 Å². The summed E-state index contributed by atoms with van der Waals surface area (Å²) in [5.41, 5.74) is 4.52. The first kappa shape index (κ1) is 22.3. The van der Waals surface area contributed by atoms with Gasteiger partial charge in [0, 0.05) is 42.2 Å². The van der Waals surface area contributed by atoms with Crippen molar-refractivity contribution in [2.75, 3.05) is 33.7 Å². The number of hydrogen-bond acceptors (Lipinski definition) is 5. The topological polar surface area (TPSA) is 71.0 Å². The molecular weight excluding hydrogens is 432 g/mol. The van der Waals surface area contributed by atoms with Crippen LogP contribution in [0.1, 0.15) is 40.2 Å². The number of methoxy groups -OCH3 is 1. The van der Waals surface area contributed by atoms with Gasteiger partial charge in [0.15, 0.2) is 11.5 Å². The second-order valence-electron chi connectivity index (χ2n) is 8.96. The lowest BCUT2D eigenvalue weighted by Crippen LogP contribution is -2.44. The summed E-state index contributed by atoms with van der Waals surface area (Å²) < 4.78 is 24.1. The van der Waals surface area contributed by atoms with Gasteiger partial charge in [-0.1, -0.05) is 6.07 Å². The average Bonchev–Trinajstić information content (AvgIpc) is 3.46. The van der Waals surface area contributed by atoms with Crippen molar-refractivity contribution in [1.29, 1.82) is 0 Å². The fourth-order valence-electron chi connectivity index (χ4n) is 5.02.